The molecule has 1 fully saturated rings. The number of rotatable bonds is 6. The van der Waals surface area contributed by atoms with E-state index in [1.54, 1.807) is 13.8 Å². The van der Waals surface area contributed by atoms with Gasteiger partial charge in [0, 0.05) is 24.0 Å². The van der Waals surface area contributed by atoms with Gasteiger partial charge in [0.05, 0.1) is 25.3 Å². The topological polar surface area (TPSA) is 134 Å². The smallest absolute Gasteiger partial charge is 0.220 e. The van der Waals surface area contributed by atoms with Crippen LogP contribution in [0.5, 0.6) is 0 Å². The fourth-order valence-corrected chi connectivity index (χ4v) is 1.95. The summed E-state index contributed by atoms with van der Waals surface area (Å²) in [5, 5.41) is 6.94. The maximum Gasteiger partial charge on any atom is 0.220 e. The van der Waals surface area contributed by atoms with Crippen LogP contribution in [0.15, 0.2) is 10.2 Å². The Kier molecular flexibility index (Phi) is 5.58. The van der Waals surface area contributed by atoms with Gasteiger partial charge in [-0.05, 0) is 24.9 Å². The first-order chi connectivity index (χ1) is 9.46. The lowest BCUT2D eigenvalue weighted by molar-refractivity contribution is -0.445. The summed E-state index contributed by atoms with van der Waals surface area (Å²) < 4.78 is 22.3. The maximum atomic E-state index is 8.42. The highest BCUT2D eigenvalue weighted by molar-refractivity contribution is 4.92. The zero-order valence-corrected chi connectivity index (χ0v) is 11.9. The molecule has 0 aromatic carbocycles. The summed E-state index contributed by atoms with van der Waals surface area (Å²) in [7, 11) is 2.91. The summed E-state index contributed by atoms with van der Waals surface area (Å²) >= 11 is 0. The van der Waals surface area contributed by atoms with Crippen molar-refractivity contribution in [1.29, 1.82) is 0 Å². The normalized spacial score (nSPS) is 36.8. The average Bonchev–Trinajstić information content (AvgIpc) is 2.46. The lowest BCUT2D eigenvalue weighted by Crippen LogP contribution is -2.66. The third-order valence-corrected chi connectivity index (χ3v) is 3.42. The molecule has 1 aliphatic heterocycles. The highest BCUT2D eigenvalue weighted by Crippen LogP contribution is 2.39. The van der Waals surface area contributed by atoms with E-state index in [0.717, 1.165) is 0 Å². The van der Waals surface area contributed by atoms with Crippen molar-refractivity contribution in [3.63, 3.8) is 0 Å². The molecule has 0 bridgehead atoms. The molecular weight excluding hydrogens is 268 g/mol. The van der Waals surface area contributed by atoms with Crippen LogP contribution in [0, 0.1) is 0 Å². The molecule has 10 heteroatoms. The fourth-order valence-electron chi connectivity index (χ4n) is 1.95. The second kappa shape index (κ2) is 6.76. The monoisotopic (exact) mass is 286 g/mol. The molecule has 10 nitrogen and oxygen atoms in total. The van der Waals surface area contributed by atoms with Crippen LogP contribution in [-0.2, 0) is 18.9 Å². The van der Waals surface area contributed by atoms with Crippen molar-refractivity contribution in [2.75, 3.05) is 27.3 Å². The van der Waals surface area contributed by atoms with Crippen molar-refractivity contribution in [2.45, 2.75) is 37.6 Å². The first-order valence-electron chi connectivity index (χ1n) is 5.94. The lowest BCUT2D eigenvalue weighted by Gasteiger charge is -2.51. The summed E-state index contributed by atoms with van der Waals surface area (Å²) in [6.07, 6.45) is -1.21. The van der Waals surface area contributed by atoms with Crippen molar-refractivity contribution in [1.82, 2.24) is 0 Å². The molecule has 0 spiro atoms. The van der Waals surface area contributed by atoms with Gasteiger partial charge in [-0.2, -0.15) is 0 Å². The summed E-state index contributed by atoms with van der Waals surface area (Å²) in [6, 6.07) is 0. The molecule has 0 unspecified atom stereocenters. The second-order valence-corrected chi connectivity index (χ2v) is 4.44. The van der Waals surface area contributed by atoms with Crippen molar-refractivity contribution in [3.8, 4) is 0 Å². The van der Waals surface area contributed by atoms with E-state index in [1.165, 1.54) is 14.2 Å². The van der Waals surface area contributed by atoms with E-state index in [2.05, 4.69) is 20.1 Å². The zero-order chi connectivity index (χ0) is 15.2. The SMILES string of the molecule is CO[C@]1(C)O[C@@H](CN=[N+]=[N-])[C@@H](CN=[N+]=[N-])O[C@@]1(C)OC. The second-order valence-electron chi connectivity index (χ2n) is 4.44. The van der Waals surface area contributed by atoms with E-state index in [9.17, 15) is 0 Å². The Morgan fingerprint density at radius 1 is 0.950 bits per heavy atom. The van der Waals surface area contributed by atoms with Crippen LogP contribution in [0.4, 0.5) is 0 Å². The van der Waals surface area contributed by atoms with Gasteiger partial charge >= 0.3 is 0 Å². The van der Waals surface area contributed by atoms with E-state index in [1.807, 2.05) is 0 Å². The lowest BCUT2D eigenvalue weighted by atomic mass is 10.0. The molecule has 0 aromatic rings. The summed E-state index contributed by atoms with van der Waals surface area (Å²) in [6.45, 7) is 3.37. The Hall–Kier alpha value is -1.54. The third-order valence-electron chi connectivity index (χ3n) is 3.42. The molecule has 0 aliphatic carbocycles. The Labute approximate surface area is 116 Å². The highest BCUT2D eigenvalue weighted by Gasteiger charge is 2.56. The molecule has 4 atom stereocenters. The van der Waals surface area contributed by atoms with Gasteiger partial charge in [0.2, 0.25) is 11.6 Å². The molecular formula is C10H18N6O4. The predicted molar refractivity (Wildman–Crippen MR) is 68.6 cm³/mol. The van der Waals surface area contributed by atoms with Crippen LogP contribution in [0.3, 0.4) is 0 Å². The van der Waals surface area contributed by atoms with Gasteiger partial charge in [-0.25, -0.2) is 0 Å². The quantitative estimate of drug-likeness (QED) is 0.419. The Morgan fingerprint density at radius 2 is 1.30 bits per heavy atom. The molecule has 0 N–H and O–H groups in total. The molecule has 1 heterocycles. The Bertz CT molecular complexity index is 395. The third kappa shape index (κ3) is 3.13. The average molecular weight is 286 g/mol. The Morgan fingerprint density at radius 3 is 1.55 bits per heavy atom. The van der Waals surface area contributed by atoms with E-state index in [0.29, 0.717) is 0 Å². The van der Waals surface area contributed by atoms with E-state index in [-0.39, 0.29) is 13.1 Å². The van der Waals surface area contributed by atoms with Gasteiger partial charge in [0.15, 0.2) is 0 Å². The minimum absolute atomic E-state index is 0.0286. The minimum atomic E-state index is -1.19. The highest BCUT2D eigenvalue weighted by atomic mass is 16.8. The standard InChI is InChI=1S/C10H18N6O4/c1-9(17-3)10(2,18-4)20-8(6-14-16-12)7(19-9)5-13-15-11/h7-8H,5-6H2,1-4H3/t7-,8+,9-,10-/m1/s1. The van der Waals surface area contributed by atoms with Crippen LogP contribution >= 0.6 is 0 Å². The molecule has 0 radical (unpaired) electrons. The first-order valence-corrected chi connectivity index (χ1v) is 5.94. The number of hydrogen-bond acceptors (Lipinski definition) is 6. The summed E-state index contributed by atoms with van der Waals surface area (Å²) in [5.41, 5.74) is 16.8. The maximum absolute atomic E-state index is 8.42. The van der Waals surface area contributed by atoms with Crippen LogP contribution in [0.25, 0.3) is 20.9 Å². The van der Waals surface area contributed by atoms with Gasteiger partial charge in [0.1, 0.15) is 0 Å². The zero-order valence-electron chi connectivity index (χ0n) is 11.9. The number of hydrogen-bond donors (Lipinski definition) is 0. The number of nitrogens with zero attached hydrogens (tertiary/aromatic N) is 6. The van der Waals surface area contributed by atoms with E-state index < -0.39 is 23.8 Å². The van der Waals surface area contributed by atoms with Crippen LogP contribution in [0.2, 0.25) is 0 Å². The largest absolute Gasteiger partial charge is 0.349 e. The number of azide groups is 2. The predicted octanol–water partition coefficient (Wildman–Crippen LogP) is 2.12. The molecule has 20 heavy (non-hydrogen) atoms. The van der Waals surface area contributed by atoms with Crippen molar-refractivity contribution in [2.24, 2.45) is 10.2 Å². The summed E-state index contributed by atoms with van der Waals surface area (Å²) in [5.74, 6) is -2.38. The minimum Gasteiger partial charge on any atom is -0.349 e. The molecule has 1 saturated heterocycles. The first kappa shape index (κ1) is 16.5. The fraction of sp³-hybridized carbons (Fsp3) is 1.00. The van der Waals surface area contributed by atoms with Crippen LogP contribution in [-0.4, -0.2) is 51.1 Å². The van der Waals surface area contributed by atoms with Gasteiger partial charge in [0.25, 0.3) is 0 Å². The van der Waals surface area contributed by atoms with Crippen molar-refractivity contribution >= 4 is 0 Å². The van der Waals surface area contributed by atoms with Gasteiger partial charge in [-0.1, -0.05) is 10.2 Å². The molecule has 0 aromatic heterocycles. The van der Waals surface area contributed by atoms with Crippen LogP contribution < -0.4 is 0 Å². The van der Waals surface area contributed by atoms with Gasteiger partial charge < -0.3 is 18.9 Å². The molecule has 0 amide bonds. The Balaban J connectivity index is 3.03. The number of ether oxygens (including phenoxy) is 4. The number of methoxy groups -OCH3 is 2. The molecule has 1 aliphatic rings. The van der Waals surface area contributed by atoms with Gasteiger partial charge in [-0.3, -0.25) is 0 Å². The van der Waals surface area contributed by atoms with E-state index >= 15 is 0 Å². The molecule has 112 valence electrons. The van der Waals surface area contributed by atoms with Crippen LogP contribution in [0.1, 0.15) is 13.8 Å². The summed E-state index contributed by atoms with van der Waals surface area (Å²) in [4.78, 5) is 5.38. The van der Waals surface area contributed by atoms with Crippen molar-refractivity contribution in [3.05, 3.63) is 20.9 Å². The van der Waals surface area contributed by atoms with Gasteiger partial charge in [-0.15, -0.1) is 0 Å². The van der Waals surface area contributed by atoms with E-state index in [4.69, 9.17) is 30.0 Å². The molecule has 0 saturated carbocycles. The molecule has 1 rings (SSSR count). The van der Waals surface area contributed by atoms with Crippen molar-refractivity contribution < 1.29 is 18.9 Å².